The molecular formula is C15H10ClF2N5. The maximum absolute atomic E-state index is 13.2. The van der Waals surface area contributed by atoms with Crippen molar-refractivity contribution in [1.29, 1.82) is 0 Å². The predicted octanol–water partition coefficient (Wildman–Crippen LogP) is 3.86. The van der Waals surface area contributed by atoms with Crippen molar-refractivity contribution in [2.45, 2.75) is 0 Å². The molecule has 0 unspecified atom stereocenters. The molecule has 0 bridgehead atoms. The third-order valence-electron chi connectivity index (χ3n) is 2.98. The van der Waals surface area contributed by atoms with Crippen LogP contribution in [0.5, 0.6) is 0 Å². The number of hydrogen-bond donors (Lipinski definition) is 1. The molecule has 3 aromatic rings. The van der Waals surface area contributed by atoms with Crippen molar-refractivity contribution in [3.05, 3.63) is 65.4 Å². The minimum atomic E-state index is -0.388. The molecule has 0 aliphatic carbocycles. The van der Waals surface area contributed by atoms with Gasteiger partial charge in [-0.2, -0.15) is 15.0 Å². The second kappa shape index (κ2) is 6.13. The summed E-state index contributed by atoms with van der Waals surface area (Å²) in [6.45, 7) is 0. The van der Waals surface area contributed by atoms with Gasteiger partial charge >= 0.3 is 0 Å². The van der Waals surface area contributed by atoms with Gasteiger partial charge in [-0.15, -0.1) is 0 Å². The van der Waals surface area contributed by atoms with E-state index in [4.69, 9.17) is 17.3 Å². The zero-order valence-electron chi connectivity index (χ0n) is 11.6. The van der Waals surface area contributed by atoms with Gasteiger partial charge in [0.05, 0.1) is 0 Å². The number of anilines is 4. The van der Waals surface area contributed by atoms with Crippen molar-refractivity contribution in [2.24, 2.45) is 0 Å². The Hall–Kier alpha value is -2.80. The predicted molar refractivity (Wildman–Crippen MR) is 83.8 cm³/mol. The maximum atomic E-state index is 13.2. The Labute approximate surface area is 135 Å². The molecule has 3 rings (SSSR count). The highest BCUT2D eigenvalue weighted by molar-refractivity contribution is 6.28. The van der Waals surface area contributed by atoms with Crippen LogP contribution in [0.4, 0.5) is 32.1 Å². The van der Waals surface area contributed by atoms with Crippen molar-refractivity contribution < 1.29 is 8.78 Å². The van der Waals surface area contributed by atoms with Gasteiger partial charge in [-0.05, 0) is 60.1 Å². The second-order valence-electron chi connectivity index (χ2n) is 4.55. The highest BCUT2D eigenvalue weighted by Crippen LogP contribution is 2.32. The van der Waals surface area contributed by atoms with Crippen LogP contribution in [0.3, 0.4) is 0 Å². The standard InChI is InChI=1S/C15H10ClF2N5/c16-13-20-14(19)22-15(21-13)23(11-5-1-9(17)2-6-11)12-7-3-10(18)4-8-12/h1-8H,(H2,19,20,21,22). The summed E-state index contributed by atoms with van der Waals surface area (Å²) in [5.41, 5.74) is 6.72. The number of benzene rings is 2. The fourth-order valence-corrected chi connectivity index (χ4v) is 2.18. The lowest BCUT2D eigenvalue weighted by molar-refractivity contribution is 0.628. The van der Waals surface area contributed by atoms with Gasteiger partial charge in [0.25, 0.3) is 0 Å². The quantitative estimate of drug-likeness (QED) is 0.788. The van der Waals surface area contributed by atoms with Crippen molar-refractivity contribution in [1.82, 2.24) is 15.0 Å². The van der Waals surface area contributed by atoms with Gasteiger partial charge in [0.15, 0.2) is 0 Å². The summed E-state index contributed by atoms with van der Waals surface area (Å²) in [6.07, 6.45) is 0. The highest BCUT2D eigenvalue weighted by atomic mass is 35.5. The van der Waals surface area contributed by atoms with Gasteiger partial charge in [-0.3, -0.25) is 4.90 Å². The maximum Gasteiger partial charge on any atom is 0.240 e. The first-order valence-electron chi connectivity index (χ1n) is 6.51. The van der Waals surface area contributed by atoms with Crippen LogP contribution in [-0.2, 0) is 0 Å². The first kappa shape index (κ1) is 15.1. The van der Waals surface area contributed by atoms with E-state index in [1.54, 1.807) is 4.90 Å². The summed E-state index contributed by atoms with van der Waals surface area (Å²) < 4.78 is 26.4. The Kier molecular flexibility index (Phi) is 4.03. The minimum absolute atomic E-state index is 0.0609. The van der Waals surface area contributed by atoms with Crippen LogP contribution in [-0.4, -0.2) is 15.0 Å². The molecule has 0 aliphatic rings. The monoisotopic (exact) mass is 333 g/mol. The third-order valence-corrected chi connectivity index (χ3v) is 3.15. The Morgan fingerprint density at radius 3 is 1.70 bits per heavy atom. The van der Waals surface area contributed by atoms with Crippen LogP contribution in [0.15, 0.2) is 48.5 Å². The molecule has 2 aromatic carbocycles. The second-order valence-corrected chi connectivity index (χ2v) is 4.89. The number of nitrogen functional groups attached to an aromatic ring is 1. The van der Waals surface area contributed by atoms with Crippen LogP contribution in [0.1, 0.15) is 0 Å². The van der Waals surface area contributed by atoms with E-state index in [1.807, 2.05) is 0 Å². The average molecular weight is 334 g/mol. The van der Waals surface area contributed by atoms with E-state index in [-0.39, 0.29) is 28.8 Å². The van der Waals surface area contributed by atoms with E-state index in [0.717, 1.165) is 0 Å². The molecule has 1 heterocycles. The number of nitrogens with two attached hydrogens (primary N) is 1. The van der Waals surface area contributed by atoms with Crippen LogP contribution in [0.2, 0.25) is 5.28 Å². The van der Waals surface area contributed by atoms with Crippen LogP contribution in [0, 0.1) is 11.6 Å². The first-order chi connectivity index (χ1) is 11.0. The van der Waals surface area contributed by atoms with Gasteiger partial charge in [0.2, 0.25) is 17.2 Å². The first-order valence-corrected chi connectivity index (χ1v) is 6.89. The lowest BCUT2D eigenvalue weighted by Crippen LogP contribution is -2.15. The summed E-state index contributed by atoms with van der Waals surface area (Å²) in [5, 5.41) is -0.0817. The Morgan fingerprint density at radius 1 is 0.783 bits per heavy atom. The topological polar surface area (TPSA) is 67.9 Å². The van der Waals surface area contributed by atoms with Crippen molar-refractivity contribution in [3.8, 4) is 0 Å². The summed E-state index contributed by atoms with van der Waals surface area (Å²) in [5.74, 6) is -0.697. The lowest BCUT2D eigenvalue weighted by atomic mass is 10.2. The molecule has 0 radical (unpaired) electrons. The van der Waals surface area contributed by atoms with E-state index in [0.29, 0.717) is 11.4 Å². The number of halogens is 3. The number of hydrogen-bond acceptors (Lipinski definition) is 5. The summed E-state index contributed by atoms with van der Waals surface area (Å²) in [4.78, 5) is 13.3. The smallest absolute Gasteiger partial charge is 0.240 e. The Morgan fingerprint density at radius 2 is 1.26 bits per heavy atom. The Balaban J connectivity index is 2.16. The van der Waals surface area contributed by atoms with E-state index in [9.17, 15) is 8.78 Å². The molecule has 0 atom stereocenters. The molecule has 2 N–H and O–H groups in total. The molecule has 0 aliphatic heterocycles. The molecule has 23 heavy (non-hydrogen) atoms. The average Bonchev–Trinajstić information content (AvgIpc) is 2.50. The molecular weight excluding hydrogens is 324 g/mol. The SMILES string of the molecule is Nc1nc(Cl)nc(N(c2ccc(F)cc2)c2ccc(F)cc2)n1. The highest BCUT2D eigenvalue weighted by Gasteiger charge is 2.17. The summed E-state index contributed by atoms with van der Waals surface area (Å²) >= 11 is 5.83. The Bertz CT molecular complexity index is 759. The van der Waals surface area contributed by atoms with Gasteiger partial charge in [-0.1, -0.05) is 0 Å². The van der Waals surface area contributed by atoms with Gasteiger partial charge in [0, 0.05) is 11.4 Å². The lowest BCUT2D eigenvalue weighted by Gasteiger charge is -2.23. The van der Waals surface area contributed by atoms with Gasteiger partial charge < -0.3 is 5.73 Å². The number of nitrogens with zero attached hydrogens (tertiary/aromatic N) is 4. The normalized spacial score (nSPS) is 10.6. The molecule has 8 heteroatoms. The molecule has 116 valence electrons. The van der Waals surface area contributed by atoms with E-state index in [1.165, 1.54) is 48.5 Å². The van der Waals surface area contributed by atoms with E-state index < -0.39 is 0 Å². The summed E-state index contributed by atoms with van der Waals surface area (Å²) in [7, 11) is 0. The van der Waals surface area contributed by atoms with Crippen LogP contribution in [0.25, 0.3) is 0 Å². The van der Waals surface area contributed by atoms with Crippen LogP contribution < -0.4 is 10.6 Å². The number of aromatic nitrogens is 3. The molecule has 0 spiro atoms. The number of rotatable bonds is 3. The fourth-order valence-electron chi connectivity index (χ4n) is 2.01. The zero-order chi connectivity index (χ0) is 16.4. The van der Waals surface area contributed by atoms with E-state index >= 15 is 0 Å². The zero-order valence-corrected chi connectivity index (χ0v) is 12.4. The van der Waals surface area contributed by atoms with E-state index in [2.05, 4.69) is 15.0 Å². The summed E-state index contributed by atoms with van der Waals surface area (Å²) in [6, 6.07) is 11.3. The molecule has 0 saturated heterocycles. The van der Waals surface area contributed by atoms with Crippen molar-refractivity contribution >= 4 is 34.9 Å². The molecule has 1 aromatic heterocycles. The molecule has 5 nitrogen and oxygen atoms in total. The molecule has 0 saturated carbocycles. The molecule has 0 fully saturated rings. The van der Waals surface area contributed by atoms with Crippen molar-refractivity contribution in [2.75, 3.05) is 10.6 Å². The largest absolute Gasteiger partial charge is 0.368 e. The fraction of sp³-hybridized carbons (Fsp3) is 0. The van der Waals surface area contributed by atoms with Gasteiger partial charge in [0.1, 0.15) is 11.6 Å². The van der Waals surface area contributed by atoms with Crippen LogP contribution >= 0.6 is 11.6 Å². The minimum Gasteiger partial charge on any atom is -0.368 e. The van der Waals surface area contributed by atoms with Crippen molar-refractivity contribution in [3.63, 3.8) is 0 Å². The third kappa shape index (κ3) is 3.35. The van der Waals surface area contributed by atoms with Gasteiger partial charge in [-0.25, -0.2) is 8.78 Å². The molecule has 0 amide bonds.